The first-order valence-electron chi connectivity index (χ1n) is 10.6. The fourth-order valence-corrected chi connectivity index (χ4v) is 4.28. The van der Waals surface area contributed by atoms with Crippen molar-refractivity contribution >= 4 is 22.2 Å². The number of aromatic nitrogens is 7. The molecule has 1 fully saturated rings. The van der Waals surface area contributed by atoms with Gasteiger partial charge in [0.2, 0.25) is 5.95 Å². The summed E-state index contributed by atoms with van der Waals surface area (Å²) in [5.41, 5.74) is 4.42. The fourth-order valence-electron chi connectivity index (χ4n) is 4.28. The van der Waals surface area contributed by atoms with Crippen molar-refractivity contribution < 1.29 is 9.13 Å². The number of hydrogen-bond donors (Lipinski definition) is 0. The Morgan fingerprint density at radius 2 is 1.88 bits per heavy atom. The number of hydrogen-bond acceptors (Lipinski definition) is 6. The van der Waals surface area contributed by atoms with Gasteiger partial charge in [-0.3, -0.25) is 4.57 Å². The molecule has 8 nitrogen and oxygen atoms in total. The van der Waals surface area contributed by atoms with Crippen LogP contribution < -0.4 is 0 Å². The lowest BCUT2D eigenvalue weighted by Gasteiger charge is -2.25. The standard InChI is InChI=1S/C23H20FN7O/c1-14-3-2-4-18(27-14)21-28-19-12-25-23(29-22(19)31(21)16-7-9-32-10-8-16)30-13-26-17-6-5-15(24)11-20(17)30/h2-6,11-13,16H,7-10H2,1H3. The quantitative estimate of drug-likeness (QED) is 0.431. The summed E-state index contributed by atoms with van der Waals surface area (Å²) < 4.78 is 23.3. The second kappa shape index (κ2) is 7.45. The molecule has 1 aliphatic heterocycles. The Morgan fingerprint density at radius 1 is 1.00 bits per heavy atom. The van der Waals surface area contributed by atoms with Crippen LogP contribution in [0.1, 0.15) is 24.6 Å². The van der Waals surface area contributed by atoms with Gasteiger partial charge in [-0.1, -0.05) is 6.07 Å². The van der Waals surface area contributed by atoms with Crippen molar-refractivity contribution in [3.05, 3.63) is 60.4 Å². The maximum Gasteiger partial charge on any atom is 0.237 e. The number of ether oxygens (including phenoxy) is 1. The Bertz CT molecular complexity index is 1450. The smallest absolute Gasteiger partial charge is 0.237 e. The first kappa shape index (κ1) is 19.0. The zero-order chi connectivity index (χ0) is 21.7. The van der Waals surface area contributed by atoms with Crippen molar-refractivity contribution in [3.8, 4) is 17.5 Å². The van der Waals surface area contributed by atoms with Crippen LogP contribution in [0.25, 0.3) is 39.7 Å². The lowest BCUT2D eigenvalue weighted by Crippen LogP contribution is -2.21. The van der Waals surface area contributed by atoms with Gasteiger partial charge in [-0.25, -0.2) is 24.3 Å². The molecule has 9 heteroatoms. The highest BCUT2D eigenvalue weighted by molar-refractivity contribution is 5.79. The van der Waals surface area contributed by atoms with Crippen LogP contribution >= 0.6 is 0 Å². The molecule has 0 spiro atoms. The number of pyridine rings is 1. The van der Waals surface area contributed by atoms with Crippen molar-refractivity contribution in [3.63, 3.8) is 0 Å². The molecule has 0 N–H and O–H groups in total. The van der Waals surface area contributed by atoms with Crippen molar-refractivity contribution in [2.45, 2.75) is 25.8 Å². The van der Waals surface area contributed by atoms with Crippen molar-refractivity contribution in [1.29, 1.82) is 0 Å². The maximum absolute atomic E-state index is 13.9. The van der Waals surface area contributed by atoms with E-state index in [4.69, 9.17) is 19.7 Å². The first-order chi connectivity index (χ1) is 15.7. The third kappa shape index (κ3) is 3.13. The van der Waals surface area contributed by atoms with E-state index in [1.165, 1.54) is 12.1 Å². The van der Waals surface area contributed by atoms with E-state index in [0.717, 1.165) is 35.7 Å². The summed E-state index contributed by atoms with van der Waals surface area (Å²) in [5.74, 6) is 0.853. The van der Waals surface area contributed by atoms with Crippen LogP contribution in [0.2, 0.25) is 0 Å². The van der Waals surface area contributed by atoms with Crippen molar-refractivity contribution in [2.75, 3.05) is 13.2 Å². The van der Waals surface area contributed by atoms with Crippen molar-refractivity contribution in [1.82, 2.24) is 34.1 Å². The number of rotatable bonds is 3. The summed E-state index contributed by atoms with van der Waals surface area (Å²) in [6.07, 6.45) is 5.05. The monoisotopic (exact) mass is 429 g/mol. The van der Waals surface area contributed by atoms with Gasteiger partial charge in [0.15, 0.2) is 11.5 Å². The van der Waals surface area contributed by atoms with E-state index in [2.05, 4.69) is 14.5 Å². The van der Waals surface area contributed by atoms with Gasteiger partial charge in [-0.15, -0.1) is 0 Å². The molecule has 5 heterocycles. The third-order valence-corrected chi connectivity index (χ3v) is 5.82. The van der Waals surface area contributed by atoms with E-state index in [1.807, 2.05) is 25.1 Å². The minimum absolute atomic E-state index is 0.186. The highest BCUT2D eigenvalue weighted by atomic mass is 19.1. The van der Waals surface area contributed by atoms with Gasteiger partial charge in [-0.05, 0) is 44.0 Å². The minimum Gasteiger partial charge on any atom is -0.381 e. The highest BCUT2D eigenvalue weighted by Gasteiger charge is 2.25. The van der Waals surface area contributed by atoms with Crippen LogP contribution in [0.4, 0.5) is 4.39 Å². The number of imidazole rings is 2. The Labute approximate surface area is 182 Å². The number of nitrogens with zero attached hydrogens (tertiary/aromatic N) is 7. The molecule has 0 aliphatic carbocycles. The molecule has 0 unspecified atom stereocenters. The van der Waals surface area contributed by atoms with E-state index < -0.39 is 0 Å². The molecule has 0 saturated carbocycles. The van der Waals surface area contributed by atoms with Crippen LogP contribution in [0, 0.1) is 12.7 Å². The maximum atomic E-state index is 13.9. The Kier molecular flexibility index (Phi) is 4.43. The Balaban J connectivity index is 1.57. The van der Waals surface area contributed by atoms with E-state index in [-0.39, 0.29) is 11.9 Å². The molecule has 6 rings (SSSR count). The van der Waals surface area contributed by atoms with Crippen LogP contribution in [0.15, 0.2) is 48.9 Å². The number of halogens is 1. The van der Waals surface area contributed by atoms with Gasteiger partial charge in [-0.2, -0.15) is 4.98 Å². The second-order valence-electron chi connectivity index (χ2n) is 7.94. The summed E-state index contributed by atoms with van der Waals surface area (Å²) in [7, 11) is 0. The SMILES string of the molecule is Cc1cccc(-c2nc3cnc(-n4cnc5ccc(F)cc54)nc3n2C2CCOCC2)n1. The molecule has 0 radical (unpaired) electrons. The summed E-state index contributed by atoms with van der Waals surface area (Å²) >= 11 is 0. The molecule has 1 saturated heterocycles. The van der Waals surface area contributed by atoms with Gasteiger partial charge >= 0.3 is 0 Å². The van der Waals surface area contributed by atoms with E-state index >= 15 is 0 Å². The zero-order valence-electron chi connectivity index (χ0n) is 17.4. The van der Waals surface area contributed by atoms with Gasteiger partial charge in [0.05, 0.1) is 17.2 Å². The lowest BCUT2D eigenvalue weighted by atomic mass is 10.1. The Morgan fingerprint density at radius 3 is 2.72 bits per heavy atom. The summed E-state index contributed by atoms with van der Waals surface area (Å²) in [5, 5.41) is 0. The fraction of sp³-hybridized carbons (Fsp3) is 0.261. The van der Waals surface area contributed by atoms with E-state index in [0.29, 0.717) is 35.7 Å². The van der Waals surface area contributed by atoms with Gasteiger partial charge in [0.25, 0.3) is 0 Å². The van der Waals surface area contributed by atoms with Crippen LogP contribution in [-0.4, -0.2) is 47.3 Å². The molecule has 1 aliphatic rings. The largest absolute Gasteiger partial charge is 0.381 e. The summed E-state index contributed by atoms with van der Waals surface area (Å²) in [6.45, 7) is 3.34. The topological polar surface area (TPSA) is 83.5 Å². The summed E-state index contributed by atoms with van der Waals surface area (Å²) in [4.78, 5) is 23.3. The van der Waals surface area contributed by atoms with Crippen LogP contribution in [0.5, 0.6) is 0 Å². The minimum atomic E-state index is -0.333. The molecule has 1 aromatic carbocycles. The normalized spacial score (nSPS) is 15.1. The number of benzene rings is 1. The number of aryl methyl sites for hydroxylation is 1. The van der Waals surface area contributed by atoms with Crippen LogP contribution in [-0.2, 0) is 4.74 Å². The first-order valence-corrected chi connectivity index (χ1v) is 10.6. The molecule has 32 heavy (non-hydrogen) atoms. The predicted octanol–water partition coefficient (Wildman–Crippen LogP) is 4.03. The van der Waals surface area contributed by atoms with Gasteiger partial charge in [0.1, 0.15) is 23.4 Å². The zero-order valence-corrected chi connectivity index (χ0v) is 17.4. The average molecular weight is 429 g/mol. The average Bonchev–Trinajstić information content (AvgIpc) is 3.40. The van der Waals surface area contributed by atoms with E-state index in [1.54, 1.807) is 23.2 Å². The van der Waals surface area contributed by atoms with Gasteiger partial charge < -0.3 is 9.30 Å². The molecule has 0 bridgehead atoms. The third-order valence-electron chi connectivity index (χ3n) is 5.82. The van der Waals surface area contributed by atoms with Crippen LogP contribution in [0.3, 0.4) is 0 Å². The highest BCUT2D eigenvalue weighted by Crippen LogP contribution is 2.32. The van der Waals surface area contributed by atoms with E-state index in [9.17, 15) is 4.39 Å². The predicted molar refractivity (Wildman–Crippen MR) is 117 cm³/mol. The molecular weight excluding hydrogens is 409 g/mol. The summed E-state index contributed by atoms with van der Waals surface area (Å²) in [6, 6.07) is 10.6. The second-order valence-corrected chi connectivity index (χ2v) is 7.94. The molecule has 160 valence electrons. The molecule has 0 atom stereocenters. The lowest BCUT2D eigenvalue weighted by molar-refractivity contribution is 0.0708. The molecular formula is C23H20FN7O. The number of fused-ring (bicyclic) bond motifs is 2. The molecule has 0 amide bonds. The molecule has 4 aromatic heterocycles. The van der Waals surface area contributed by atoms with Gasteiger partial charge in [0, 0.05) is 31.0 Å². The van der Waals surface area contributed by atoms with Crippen molar-refractivity contribution in [2.24, 2.45) is 0 Å². The molecule has 5 aromatic rings. The Hall–Kier alpha value is -3.72.